The van der Waals surface area contributed by atoms with Crippen LogP contribution in [0.3, 0.4) is 0 Å². The molecule has 25 heavy (non-hydrogen) atoms. The first-order valence-corrected chi connectivity index (χ1v) is 9.79. The predicted octanol–water partition coefficient (Wildman–Crippen LogP) is 2.12. The summed E-state index contributed by atoms with van der Waals surface area (Å²) in [5.41, 5.74) is 0.800. The molecular weight excluding hydrogens is 343 g/mol. The smallest absolute Gasteiger partial charge is 0.253 e. The topological polar surface area (TPSA) is 76.1 Å². The standard InChI is InChI=1S/C18H19FN2O3S/c1-18(6-7-25(23,24)12-18)21-17(22)15-9-13(10-20-11-15)8-14-4-2-3-5-16(14)19/h2-5,9-11H,6-8,12H2,1H3,(H,21,22)/t18-/m1/s1. The normalized spacial score (nSPS) is 21.8. The van der Waals surface area contributed by atoms with Crippen molar-refractivity contribution in [1.82, 2.24) is 10.3 Å². The Morgan fingerprint density at radius 2 is 2.08 bits per heavy atom. The third-order valence-electron chi connectivity index (χ3n) is 4.33. The first-order chi connectivity index (χ1) is 11.8. The monoisotopic (exact) mass is 362 g/mol. The van der Waals surface area contributed by atoms with Crippen LogP contribution in [0.4, 0.5) is 4.39 Å². The average Bonchev–Trinajstić information content (AvgIpc) is 2.83. The highest BCUT2D eigenvalue weighted by Gasteiger charge is 2.39. The van der Waals surface area contributed by atoms with Gasteiger partial charge in [0.15, 0.2) is 9.84 Å². The van der Waals surface area contributed by atoms with Gasteiger partial charge >= 0.3 is 0 Å². The third-order valence-corrected chi connectivity index (χ3v) is 6.23. The number of halogens is 1. The highest BCUT2D eigenvalue weighted by molar-refractivity contribution is 7.91. The maximum atomic E-state index is 13.8. The van der Waals surface area contributed by atoms with Crippen molar-refractivity contribution >= 4 is 15.7 Å². The second-order valence-electron chi connectivity index (χ2n) is 6.71. The Labute approximate surface area is 146 Å². The van der Waals surface area contributed by atoms with Gasteiger partial charge in [0.05, 0.1) is 22.6 Å². The Morgan fingerprint density at radius 3 is 2.76 bits per heavy atom. The minimum atomic E-state index is -3.11. The number of nitrogens with zero attached hydrogens (tertiary/aromatic N) is 1. The lowest BCUT2D eigenvalue weighted by Gasteiger charge is -2.23. The molecular formula is C18H19FN2O3S. The van der Waals surface area contributed by atoms with Crippen LogP contribution in [0.5, 0.6) is 0 Å². The number of carbonyl (C=O) groups is 1. The summed E-state index contributed by atoms with van der Waals surface area (Å²) in [5.74, 6) is -0.660. The van der Waals surface area contributed by atoms with Gasteiger partial charge in [-0.3, -0.25) is 9.78 Å². The lowest BCUT2D eigenvalue weighted by Crippen LogP contribution is -2.46. The Balaban J connectivity index is 1.75. The van der Waals surface area contributed by atoms with E-state index in [0.29, 0.717) is 29.5 Å². The molecule has 1 amide bonds. The quantitative estimate of drug-likeness (QED) is 0.904. The van der Waals surface area contributed by atoms with Crippen molar-refractivity contribution in [1.29, 1.82) is 0 Å². The van der Waals surface area contributed by atoms with E-state index in [1.54, 1.807) is 37.4 Å². The van der Waals surface area contributed by atoms with Gasteiger partial charge in [-0.05, 0) is 36.6 Å². The lowest BCUT2D eigenvalue weighted by atomic mass is 10.0. The molecule has 5 nitrogen and oxygen atoms in total. The van der Waals surface area contributed by atoms with Crippen molar-refractivity contribution < 1.29 is 17.6 Å². The van der Waals surface area contributed by atoms with Gasteiger partial charge in [-0.25, -0.2) is 12.8 Å². The first kappa shape index (κ1) is 17.5. The second kappa shape index (κ2) is 6.55. The van der Waals surface area contributed by atoms with Gasteiger partial charge < -0.3 is 5.32 Å². The van der Waals surface area contributed by atoms with Crippen LogP contribution in [0.2, 0.25) is 0 Å². The predicted molar refractivity (Wildman–Crippen MR) is 92.6 cm³/mol. The molecule has 1 saturated heterocycles. The van der Waals surface area contributed by atoms with Gasteiger partial charge in [-0.15, -0.1) is 0 Å². The van der Waals surface area contributed by atoms with Crippen LogP contribution in [0.25, 0.3) is 0 Å². The van der Waals surface area contributed by atoms with Crippen LogP contribution in [-0.2, 0) is 16.3 Å². The van der Waals surface area contributed by atoms with Crippen LogP contribution >= 0.6 is 0 Å². The first-order valence-electron chi connectivity index (χ1n) is 7.97. The van der Waals surface area contributed by atoms with Crippen molar-refractivity contribution in [3.63, 3.8) is 0 Å². The maximum Gasteiger partial charge on any atom is 0.253 e. The molecule has 132 valence electrons. The Morgan fingerprint density at radius 1 is 1.32 bits per heavy atom. The minimum Gasteiger partial charge on any atom is -0.346 e. The van der Waals surface area contributed by atoms with Gasteiger partial charge in [-0.2, -0.15) is 0 Å². The highest BCUT2D eigenvalue weighted by atomic mass is 32.2. The van der Waals surface area contributed by atoms with Crippen LogP contribution in [-0.4, -0.2) is 36.4 Å². The molecule has 1 aliphatic rings. The summed E-state index contributed by atoms with van der Waals surface area (Å²) in [6, 6.07) is 8.11. The summed E-state index contributed by atoms with van der Waals surface area (Å²) in [6.07, 6.45) is 3.73. The number of hydrogen-bond acceptors (Lipinski definition) is 4. The SMILES string of the molecule is C[C@@]1(NC(=O)c2cncc(Cc3ccccc3F)c2)CCS(=O)(=O)C1. The molecule has 1 aromatic carbocycles. The van der Waals surface area contributed by atoms with Crippen molar-refractivity contribution in [2.75, 3.05) is 11.5 Å². The molecule has 1 aromatic heterocycles. The summed E-state index contributed by atoms with van der Waals surface area (Å²) in [7, 11) is -3.11. The van der Waals surface area contributed by atoms with E-state index in [1.807, 2.05) is 0 Å². The number of nitrogens with one attached hydrogen (secondary N) is 1. The molecule has 0 aliphatic carbocycles. The molecule has 0 saturated carbocycles. The number of benzene rings is 1. The molecule has 0 radical (unpaired) electrons. The number of sulfone groups is 1. The molecule has 0 spiro atoms. The zero-order chi connectivity index (χ0) is 18.1. The Bertz CT molecular complexity index is 914. The molecule has 0 unspecified atom stereocenters. The zero-order valence-corrected chi connectivity index (χ0v) is 14.6. The molecule has 1 atom stereocenters. The Kier molecular flexibility index (Phi) is 4.60. The highest BCUT2D eigenvalue weighted by Crippen LogP contribution is 2.23. The average molecular weight is 362 g/mol. The lowest BCUT2D eigenvalue weighted by molar-refractivity contribution is 0.0915. The Hall–Kier alpha value is -2.28. The molecule has 7 heteroatoms. The van der Waals surface area contributed by atoms with E-state index in [2.05, 4.69) is 10.3 Å². The van der Waals surface area contributed by atoms with Crippen LogP contribution < -0.4 is 5.32 Å². The molecule has 2 heterocycles. The number of aromatic nitrogens is 1. The third kappa shape index (κ3) is 4.22. The van der Waals surface area contributed by atoms with Gasteiger partial charge in [0.1, 0.15) is 5.82 Å². The van der Waals surface area contributed by atoms with Gasteiger partial charge in [0.25, 0.3) is 5.91 Å². The fraction of sp³-hybridized carbons (Fsp3) is 0.333. The summed E-state index contributed by atoms with van der Waals surface area (Å²) in [6.45, 7) is 1.73. The number of carbonyl (C=O) groups excluding carboxylic acids is 1. The summed E-state index contributed by atoms with van der Waals surface area (Å²) >= 11 is 0. The van der Waals surface area contributed by atoms with E-state index in [1.165, 1.54) is 12.3 Å². The fourth-order valence-corrected chi connectivity index (χ4v) is 5.12. The van der Waals surface area contributed by atoms with Crippen molar-refractivity contribution in [3.8, 4) is 0 Å². The van der Waals surface area contributed by atoms with E-state index in [9.17, 15) is 17.6 Å². The van der Waals surface area contributed by atoms with Crippen LogP contribution in [0.15, 0.2) is 42.7 Å². The van der Waals surface area contributed by atoms with Crippen molar-refractivity contribution in [2.24, 2.45) is 0 Å². The fourth-order valence-electron chi connectivity index (χ4n) is 3.03. The number of rotatable bonds is 4. The molecule has 1 aliphatic heterocycles. The molecule has 1 N–H and O–H groups in total. The van der Waals surface area contributed by atoms with Crippen molar-refractivity contribution in [2.45, 2.75) is 25.3 Å². The van der Waals surface area contributed by atoms with Gasteiger partial charge in [-0.1, -0.05) is 18.2 Å². The molecule has 0 bridgehead atoms. The van der Waals surface area contributed by atoms with E-state index in [0.717, 1.165) is 0 Å². The summed E-state index contributed by atoms with van der Waals surface area (Å²) in [4.78, 5) is 16.5. The van der Waals surface area contributed by atoms with Crippen LogP contribution in [0.1, 0.15) is 34.8 Å². The van der Waals surface area contributed by atoms with E-state index >= 15 is 0 Å². The summed E-state index contributed by atoms with van der Waals surface area (Å²) < 4.78 is 37.1. The zero-order valence-electron chi connectivity index (χ0n) is 13.8. The maximum absolute atomic E-state index is 13.8. The van der Waals surface area contributed by atoms with E-state index in [4.69, 9.17) is 0 Å². The number of pyridine rings is 1. The van der Waals surface area contributed by atoms with Gasteiger partial charge in [0.2, 0.25) is 0 Å². The molecule has 2 aromatic rings. The minimum absolute atomic E-state index is 0.0614. The van der Waals surface area contributed by atoms with E-state index < -0.39 is 15.4 Å². The number of hydrogen-bond donors (Lipinski definition) is 1. The second-order valence-corrected chi connectivity index (χ2v) is 8.89. The summed E-state index contributed by atoms with van der Waals surface area (Å²) in [5, 5.41) is 2.80. The molecule has 3 rings (SSSR count). The molecule has 1 fully saturated rings. The number of amides is 1. The van der Waals surface area contributed by atoms with Crippen LogP contribution in [0, 0.1) is 5.82 Å². The van der Waals surface area contributed by atoms with E-state index in [-0.39, 0.29) is 23.2 Å². The largest absolute Gasteiger partial charge is 0.346 e. The van der Waals surface area contributed by atoms with Crippen molar-refractivity contribution in [3.05, 3.63) is 65.2 Å². The van der Waals surface area contributed by atoms with Gasteiger partial charge in [0, 0.05) is 18.8 Å².